The Morgan fingerprint density at radius 2 is 1.73 bits per heavy atom. The third kappa shape index (κ3) is 5.94. The molecular weight excluding hydrogens is 330 g/mol. The highest BCUT2D eigenvalue weighted by Gasteiger charge is 2.15. The van der Waals surface area contributed by atoms with Gasteiger partial charge in [0.25, 0.3) is 0 Å². The highest BCUT2D eigenvalue weighted by molar-refractivity contribution is 5.79. The van der Waals surface area contributed by atoms with Crippen molar-refractivity contribution >= 4 is 10.9 Å². The van der Waals surface area contributed by atoms with Gasteiger partial charge < -0.3 is 19.2 Å². The predicted molar refractivity (Wildman–Crippen MR) is 105 cm³/mol. The summed E-state index contributed by atoms with van der Waals surface area (Å²) in [6, 6.07) is 7.57. The summed E-state index contributed by atoms with van der Waals surface area (Å²) in [7, 11) is 1.72. The first-order valence-corrected chi connectivity index (χ1v) is 9.26. The van der Waals surface area contributed by atoms with Gasteiger partial charge in [0.2, 0.25) is 0 Å². The van der Waals surface area contributed by atoms with Crippen molar-refractivity contribution in [3.8, 4) is 0 Å². The second kappa shape index (κ2) is 9.86. The first kappa shape index (κ1) is 20.6. The molecule has 0 spiro atoms. The zero-order chi connectivity index (χ0) is 19.0. The van der Waals surface area contributed by atoms with Crippen molar-refractivity contribution in [2.45, 2.75) is 52.2 Å². The van der Waals surface area contributed by atoms with Crippen LogP contribution in [0.4, 0.5) is 0 Å². The fourth-order valence-corrected chi connectivity index (χ4v) is 2.63. The zero-order valence-electron chi connectivity index (χ0n) is 16.4. The van der Waals surface area contributed by atoms with Gasteiger partial charge in [-0.25, -0.2) is 0 Å². The number of hydrogen-bond donors (Lipinski definition) is 1. The third-order valence-electron chi connectivity index (χ3n) is 4.73. The molecule has 1 heterocycles. The first-order chi connectivity index (χ1) is 12.4. The fourth-order valence-electron chi connectivity index (χ4n) is 2.63. The molecule has 0 saturated heterocycles. The van der Waals surface area contributed by atoms with Crippen molar-refractivity contribution in [2.24, 2.45) is 0 Å². The lowest BCUT2D eigenvalue weighted by molar-refractivity contribution is -0.0108. The highest BCUT2D eigenvalue weighted by atomic mass is 16.5. The normalized spacial score (nSPS) is 12.0. The number of nitrogens with one attached hydrogen (secondary N) is 1. The predicted octanol–water partition coefficient (Wildman–Crippen LogP) is 3.97. The van der Waals surface area contributed by atoms with Gasteiger partial charge >= 0.3 is 0 Å². The lowest BCUT2D eigenvalue weighted by Crippen LogP contribution is -2.24. The van der Waals surface area contributed by atoms with E-state index >= 15 is 0 Å². The number of unbranched alkanes of at least 4 members (excludes halogenated alkanes) is 1. The molecule has 2 aromatic rings. The maximum absolute atomic E-state index is 12.4. The average molecular weight is 361 g/mol. The summed E-state index contributed by atoms with van der Waals surface area (Å²) in [5.41, 5.74) is 2.39. The maximum Gasteiger partial charge on any atom is 0.192 e. The molecule has 5 nitrogen and oxygen atoms in total. The molecule has 0 saturated carbocycles. The van der Waals surface area contributed by atoms with Crippen molar-refractivity contribution in [2.75, 3.05) is 26.9 Å². The topological polar surface area (TPSA) is 60.6 Å². The Bertz CT molecular complexity index is 751. The minimum atomic E-state index is -0.127. The van der Waals surface area contributed by atoms with Gasteiger partial charge in [-0.1, -0.05) is 12.1 Å². The minimum Gasteiger partial charge on any atom is -0.381 e. The van der Waals surface area contributed by atoms with Gasteiger partial charge in [0.05, 0.1) is 12.2 Å². The number of benzene rings is 1. The molecule has 0 atom stereocenters. The van der Waals surface area contributed by atoms with Gasteiger partial charge in [-0.05, 0) is 52.2 Å². The third-order valence-corrected chi connectivity index (χ3v) is 4.73. The van der Waals surface area contributed by atoms with Gasteiger partial charge in [-0.15, -0.1) is 0 Å². The van der Waals surface area contributed by atoms with Crippen LogP contribution in [0.5, 0.6) is 0 Å². The molecule has 0 aliphatic heterocycles. The van der Waals surface area contributed by atoms with Crippen LogP contribution >= 0.6 is 0 Å². The molecule has 2 rings (SSSR count). The van der Waals surface area contributed by atoms with Crippen LogP contribution in [0.2, 0.25) is 0 Å². The zero-order valence-corrected chi connectivity index (χ0v) is 16.4. The number of hydrogen-bond acceptors (Lipinski definition) is 4. The van der Waals surface area contributed by atoms with Crippen molar-refractivity contribution in [1.82, 2.24) is 4.98 Å². The quantitative estimate of drug-likeness (QED) is 0.615. The molecule has 26 heavy (non-hydrogen) atoms. The molecule has 0 aliphatic rings. The molecule has 0 unspecified atom stereocenters. The first-order valence-electron chi connectivity index (χ1n) is 9.26. The van der Waals surface area contributed by atoms with Crippen LogP contribution in [0.1, 0.15) is 44.4 Å². The van der Waals surface area contributed by atoms with Crippen molar-refractivity contribution in [3.05, 3.63) is 45.7 Å². The fraction of sp³-hybridized carbons (Fsp3) is 0.571. The van der Waals surface area contributed by atoms with Crippen LogP contribution in [0.3, 0.4) is 0 Å². The van der Waals surface area contributed by atoms with E-state index in [2.05, 4.69) is 18.8 Å². The van der Waals surface area contributed by atoms with E-state index < -0.39 is 0 Å². The van der Waals surface area contributed by atoms with Crippen LogP contribution in [-0.4, -0.2) is 37.5 Å². The average Bonchev–Trinajstić information content (AvgIpc) is 2.64. The molecule has 0 bridgehead atoms. The van der Waals surface area contributed by atoms with Crippen LogP contribution < -0.4 is 5.43 Å². The van der Waals surface area contributed by atoms with E-state index in [0.717, 1.165) is 48.0 Å². The number of rotatable bonds is 11. The van der Waals surface area contributed by atoms with E-state index in [1.54, 1.807) is 7.11 Å². The van der Waals surface area contributed by atoms with E-state index in [1.165, 1.54) is 0 Å². The Hall–Kier alpha value is -1.69. The summed E-state index contributed by atoms with van der Waals surface area (Å²) in [6.07, 6.45) is 2.78. The molecule has 144 valence electrons. The van der Waals surface area contributed by atoms with Crippen molar-refractivity contribution < 1.29 is 14.2 Å². The van der Waals surface area contributed by atoms with Crippen LogP contribution in [0.25, 0.3) is 10.9 Å². The highest BCUT2D eigenvalue weighted by Crippen LogP contribution is 2.13. The number of para-hydroxylation sites is 1. The number of methoxy groups -OCH3 is 1. The second-order valence-electron chi connectivity index (χ2n) is 7.19. The molecule has 0 amide bonds. The maximum atomic E-state index is 12.4. The molecule has 0 radical (unpaired) electrons. The van der Waals surface area contributed by atoms with E-state index in [4.69, 9.17) is 14.2 Å². The molecule has 0 aliphatic carbocycles. The van der Waals surface area contributed by atoms with Gasteiger partial charge in [-0.3, -0.25) is 4.79 Å². The molecule has 1 aromatic heterocycles. The molecule has 5 heteroatoms. The van der Waals surface area contributed by atoms with Crippen LogP contribution in [0, 0.1) is 6.92 Å². The lowest BCUT2D eigenvalue weighted by Gasteiger charge is -2.22. The smallest absolute Gasteiger partial charge is 0.192 e. The summed E-state index contributed by atoms with van der Waals surface area (Å²) in [5.74, 6) is 0. The summed E-state index contributed by atoms with van der Waals surface area (Å²) in [6.45, 7) is 8.48. The van der Waals surface area contributed by atoms with Gasteiger partial charge in [0, 0.05) is 49.1 Å². The Labute approximate surface area is 155 Å². The Morgan fingerprint density at radius 3 is 2.46 bits per heavy atom. The second-order valence-corrected chi connectivity index (χ2v) is 7.19. The number of ether oxygens (including phenoxy) is 3. The van der Waals surface area contributed by atoms with E-state index in [1.807, 2.05) is 31.2 Å². The molecule has 0 fully saturated rings. The Kier molecular flexibility index (Phi) is 7.82. The Morgan fingerprint density at radius 1 is 1.04 bits per heavy atom. The van der Waals surface area contributed by atoms with E-state index in [0.29, 0.717) is 19.8 Å². The van der Waals surface area contributed by atoms with Gasteiger partial charge in [0.15, 0.2) is 5.43 Å². The monoisotopic (exact) mass is 361 g/mol. The number of aromatic nitrogens is 1. The largest absolute Gasteiger partial charge is 0.381 e. The lowest BCUT2D eigenvalue weighted by atomic mass is 10.1. The molecule has 1 aromatic carbocycles. The summed E-state index contributed by atoms with van der Waals surface area (Å²) < 4.78 is 16.7. The standard InChI is InChI=1S/C21H31NO4/c1-16-19(22-18-10-6-5-9-17(18)20(16)23)15-26-13-8-7-12-25-14-11-21(2,3)24-4/h5-6,9-10H,7-8,11-15H2,1-4H3,(H,22,23). The summed E-state index contributed by atoms with van der Waals surface area (Å²) in [5, 5.41) is 0.725. The Balaban J connectivity index is 1.67. The molecule has 1 N–H and O–H groups in total. The van der Waals surface area contributed by atoms with Crippen molar-refractivity contribution in [1.29, 1.82) is 0 Å². The summed E-state index contributed by atoms with van der Waals surface area (Å²) in [4.78, 5) is 15.7. The van der Waals surface area contributed by atoms with Crippen LogP contribution in [-0.2, 0) is 20.8 Å². The molecular formula is C21H31NO4. The van der Waals surface area contributed by atoms with E-state index in [-0.39, 0.29) is 11.0 Å². The van der Waals surface area contributed by atoms with Crippen LogP contribution in [0.15, 0.2) is 29.1 Å². The number of aromatic amines is 1. The number of H-pyrrole nitrogens is 1. The van der Waals surface area contributed by atoms with Crippen molar-refractivity contribution in [3.63, 3.8) is 0 Å². The van der Waals surface area contributed by atoms with E-state index in [9.17, 15) is 4.79 Å². The summed E-state index contributed by atoms with van der Waals surface area (Å²) >= 11 is 0. The van der Waals surface area contributed by atoms with Gasteiger partial charge in [-0.2, -0.15) is 0 Å². The minimum absolute atomic E-state index is 0.0744. The SMILES string of the molecule is COC(C)(C)CCOCCCCOCc1[nH]c2ccccc2c(=O)c1C. The van der Waals surface area contributed by atoms with Gasteiger partial charge in [0.1, 0.15) is 0 Å². The number of pyridine rings is 1. The number of fused-ring (bicyclic) bond motifs is 1.